The zero-order chi connectivity index (χ0) is 7.68. The molecule has 0 aliphatic rings. The molecule has 0 fully saturated rings. The summed E-state index contributed by atoms with van der Waals surface area (Å²) >= 11 is 0. The van der Waals surface area contributed by atoms with Crippen molar-refractivity contribution < 1.29 is 4.79 Å². The molecule has 0 atom stereocenters. The van der Waals surface area contributed by atoms with Crippen LogP contribution in [0, 0.1) is 0 Å². The minimum absolute atomic E-state index is 0.679. The monoisotopic (exact) mass is 146 g/mol. The molecule has 2 aromatic heterocycles. The molecule has 0 N–H and O–H groups in total. The molecule has 0 amide bonds. The highest BCUT2D eigenvalue weighted by Crippen LogP contribution is 2.03. The lowest BCUT2D eigenvalue weighted by molar-refractivity contribution is 0.112. The molecule has 0 radical (unpaired) electrons. The van der Waals surface area contributed by atoms with E-state index in [9.17, 15) is 4.79 Å². The van der Waals surface area contributed by atoms with E-state index in [0.717, 1.165) is 11.8 Å². The predicted molar refractivity (Wildman–Crippen MR) is 40.6 cm³/mol. The Hall–Kier alpha value is -1.64. The third kappa shape index (κ3) is 0.902. The quantitative estimate of drug-likeness (QED) is 0.565. The van der Waals surface area contributed by atoms with E-state index in [2.05, 4.69) is 5.10 Å². The van der Waals surface area contributed by atoms with Gasteiger partial charge in [-0.25, -0.2) is 4.52 Å². The minimum Gasteiger partial charge on any atom is -0.298 e. The average molecular weight is 146 g/mol. The summed E-state index contributed by atoms with van der Waals surface area (Å²) in [6, 6.07) is 5.38. The topological polar surface area (TPSA) is 34.4 Å². The average Bonchev–Trinajstić information content (AvgIpc) is 2.50. The molecule has 0 saturated heterocycles. The molecule has 0 bridgehead atoms. The Labute approximate surface area is 63.3 Å². The normalized spacial score (nSPS) is 10.2. The largest absolute Gasteiger partial charge is 0.298 e. The Kier molecular flexibility index (Phi) is 1.22. The van der Waals surface area contributed by atoms with E-state index in [-0.39, 0.29) is 0 Å². The summed E-state index contributed by atoms with van der Waals surface area (Å²) in [5.74, 6) is 0. The van der Waals surface area contributed by atoms with Crippen LogP contribution >= 0.6 is 0 Å². The standard InChI is InChI=1S/C8H6N2O/c11-6-7-2-4-10-8(5-7)1-3-9-10/h1-6H. The van der Waals surface area contributed by atoms with Gasteiger partial charge in [0.05, 0.1) is 5.52 Å². The molecule has 0 unspecified atom stereocenters. The van der Waals surface area contributed by atoms with Gasteiger partial charge in [-0.05, 0) is 18.2 Å². The Bertz CT molecular complexity index is 392. The van der Waals surface area contributed by atoms with Crippen LogP contribution in [0.15, 0.2) is 30.6 Å². The van der Waals surface area contributed by atoms with Crippen LogP contribution in [0.3, 0.4) is 0 Å². The zero-order valence-electron chi connectivity index (χ0n) is 5.77. The van der Waals surface area contributed by atoms with Gasteiger partial charge in [0.1, 0.15) is 6.29 Å². The van der Waals surface area contributed by atoms with Gasteiger partial charge in [-0.3, -0.25) is 4.79 Å². The van der Waals surface area contributed by atoms with Crippen molar-refractivity contribution in [1.29, 1.82) is 0 Å². The van der Waals surface area contributed by atoms with Gasteiger partial charge in [-0.2, -0.15) is 5.10 Å². The van der Waals surface area contributed by atoms with Crippen molar-refractivity contribution in [3.63, 3.8) is 0 Å². The molecule has 0 aliphatic heterocycles. The fourth-order valence-corrected chi connectivity index (χ4v) is 1.01. The van der Waals surface area contributed by atoms with E-state index < -0.39 is 0 Å². The van der Waals surface area contributed by atoms with Crippen LogP contribution in [0.1, 0.15) is 10.4 Å². The Morgan fingerprint density at radius 2 is 2.36 bits per heavy atom. The second-order valence-corrected chi connectivity index (χ2v) is 2.28. The first-order chi connectivity index (χ1) is 5.40. The van der Waals surface area contributed by atoms with E-state index >= 15 is 0 Å². The SMILES string of the molecule is O=Cc1ccn2nccc2c1. The van der Waals surface area contributed by atoms with Crippen LogP contribution < -0.4 is 0 Å². The maximum absolute atomic E-state index is 10.3. The maximum atomic E-state index is 10.3. The number of hydrogen-bond donors (Lipinski definition) is 0. The van der Waals surface area contributed by atoms with Crippen molar-refractivity contribution in [1.82, 2.24) is 9.61 Å². The molecule has 11 heavy (non-hydrogen) atoms. The van der Waals surface area contributed by atoms with Crippen molar-refractivity contribution >= 4 is 11.8 Å². The molecule has 2 aromatic rings. The molecule has 3 nitrogen and oxygen atoms in total. The first-order valence-corrected chi connectivity index (χ1v) is 3.29. The maximum Gasteiger partial charge on any atom is 0.150 e. The minimum atomic E-state index is 0.679. The smallest absolute Gasteiger partial charge is 0.150 e. The molecule has 54 valence electrons. The Balaban J connectivity index is 2.76. The van der Waals surface area contributed by atoms with Crippen LogP contribution in [0.2, 0.25) is 0 Å². The van der Waals surface area contributed by atoms with E-state index in [1.807, 2.05) is 6.07 Å². The number of aldehydes is 1. The van der Waals surface area contributed by atoms with Crippen molar-refractivity contribution in [2.24, 2.45) is 0 Å². The number of fused-ring (bicyclic) bond motifs is 1. The second-order valence-electron chi connectivity index (χ2n) is 2.28. The second kappa shape index (κ2) is 2.20. The summed E-state index contributed by atoms with van der Waals surface area (Å²) in [6.45, 7) is 0. The lowest BCUT2D eigenvalue weighted by Gasteiger charge is -1.91. The van der Waals surface area contributed by atoms with Gasteiger partial charge in [-0.1, -0.05) is 0 Å². The molecule has 0 saturated carbocycles. The highest BCUT2D eigenvalue weighted by molar-refractivity contribution is 5.77. The first-order valence-electron chi connectivity index (χ1n) is 3.29. The molecule has 0 aromatic carbocycles. The third-order valence-corrected chi connectivity index (χ3v) is 1.56. The summed E-state index contributed by atoms with van der Waals surface area (Å²) in [5.41, 5.74) is 1.62. The molecule has 3 heteroatoms. The zero-order valence-corrected chi connectivity index (χ0v) is 5.77. The van der Waals surface area contributed by atoms with Gasteiger partial charge in [0.2, 0.25) is 0 Å². The highest BCUT2D eigenvalue weighted by atomic mass is 16.1. The number of nitrogens with zero attached hydrogens (tertiary/aromatic N) is 2. The van der Waals surface area contributed by atoms with Crippen molar-refractivity contribution in [3.8, 4) is 0 Å². The highest BCUT2D eigenvalue weighted by Gasteiger charge is 1.93. The molecule has 0 spiro atoms. The number of rotatable bonds is 1. The summed E-state index contributed by atoms with van der Waals surface area (Å²) in [6.07, 6.45) is 4.29. The molecular weight excluding hydrogens is 140 g/mol. The summed E-state index contributed by atoms with van der Waals surface area (Å²) < 4.78 is 1.72. The van der Waals surface area contributed by atoms with Crippen LogP contribution in [0.4, 0.5) is 0 Å². The summed E-state index contributed by atoms with van der Waals surface area (Å²) in [5, 5.41) is 3.99. The Morgan fingerprint density at radius 3 is 3.18 bits per heavy atom. The van der Waals surface area contributed by atoms with Crippen LogP contribution in [-0.2, 0) is 0 Å². The van der Waals surface area contributed by atoms with Gasteiger partial charge < -0.3 is 0 Å². The predicted octanol–water partition coefficient (Wildman–Crippen LogP) is 1.15. The Morgan fingerprint density at radius 1 is 1.45 bits per heavy atom. The van der Waals surface area contributed by atoms with Gasteiger partial charge in [0.15, 0.2) is 0 Å². The van der Waals surface area contributed by atoms with Crippen molar-refractivity contribution in [2.75, 3.05) is 0 Å². The van der Waals surface area contributed by atoms with Gasteiger partial charge in [0.25, 0.3) is 0 Å². The molecule has 0 aliphatic carbocycles. The van der Waals surface area contributed by atoms with Crippen LogP contribution in [-0.4, -0.2) is 15.9 Å². The lowest BCUT2D eigenvalue weighted by atomic mass is 10.3. The van der Waals surface area contributed by atoms with Crippen molar-refractivity contribution in [3.05, 3.63) is 36.2 Å². The number of aromatic nitrogens is 2. The molecule has 2 heterocycles. The number of pyridine rings is 1. The van der Waals surface area contributed by atoms with E-state index in [1.54, 1.807) is 29.0 Å². The van der Waals surface area contributed by atoms with Gasteiger partial charge >= 0.3 is 0 Å². The fourth-order valence-electron chi connectivity index (χ4n) is 1.01. The number of carbonyl (C=O) groups is 1. The summed E-state index contributed by atoms with van der Waals surface area (Å²) in [7, 11) is 0. The van der Waals surface area contributed by atoms with Crippen LogP contribution in [0.5, 0.6) is 0 Å². The van der Waals surface area contributed by atoms with E-state index in [1.165, 1.54) is 0 Å². The van der Waals surface area contributed by atoms with Crippen molar-refractivity contribution in [2.45, 2.75) is 0 Å². The third-order valence-electron chi connectivity index (χ3n) is 1.56. The summed E-state index contributed by atoms with van der Waals surface area (Å²) in [4.78, 5) is 10.3. The van der Waals surface area contributed by atoms with E-state index in [4.69, 9.17) is 0 Å². The number of carbonyl (C=O) groups excluding carboxylic acids is 1. The van der Waals surface area contributed by atoms with Gasteiger partial charge in [0, 0.05) is 18.0 Å². The lowest BCUT2D eigenvalue weighted by Crippen LogP contribution is -1.87. The fraction of sp³-hybridized carbons (Fsp3) is 0. The molecular formula is C8H6N2O. The van der Waals surface area contributed by atoms with Gasteiger partial charge in [-0.15, -0.1) is 0 Å². The molecule has 2 rings (SSSR count). The number of hydrogen-bond acceptors (Lipinski definition) is 2. The van der Waals surface area contributed by atoms with Crippen LogP contribution in [0.25, 0.3) is 5.52 Å². The van der Waals surface area contributed by atoms with E-state index in [0.29, 0.717) is 5.56 Å². The first kappa shape index (κ1) is 6.09.